The van der Waals surface area contributed by atoms with Crippen molar-refractivity contribution >= 4 is 40.5 Å². The van der Waals surface area contributed by atoms with Gasteiger partial charge in [0.05, 0.1) is 17.8 Å². The molecule has 4 rings (SSSR count). The summed E-state index contributed by atoms with van der Waals surface area (Å²) in [6.07, 6.45) is 0. The number of likely N-dealkylation sites (N-methyl/N-ethyl adjacent to an activating group) is 1. The third kappa shape index (κ3) is 4.77. The molecule has 0 aliphatic carbocycles. The predicted molar refractivity (Wildman–Crippen MR) is 131 cm³/mol. The Morgan fingerprint density at radius 2 is 1.78 bits per heavy atom. The van der Waals surface area contributed by atoms with Gasteiger partial charge >= 0.3 is 0 Å². The van der Waals surface area contributed by atoms with E-state index in [9.17, 15) is 4.79 Å². The van der Waals surface area contributed by atoms with Crippen LogP contribution in [0.15, 0.2) is 42.5 Å². The van der Waals surface area contributed by atoms with Crippen LogP contribution in [0.5, 0.6) is 0 Å². The lowest BCUT2D eigenvalue weighted by molar-refractivity contribution is 0.102. The fourth-order valence-corrected chi connectivity index (χ4v) is 4.55. The molecule has 0 unspecified atom stereocenters. The zero-order valence-electron chi connectivity index (χ0n) is 18.5. The molecule has 0 saturated carbocycles. The second kappa shape index (κ2) is 9.53. The first-order chi connectivity index (χ1) is 15.3. The maximum Gasteiger partial charge on any atom is 0.260 e. The number of carbonyl (C=O) groups is 1. The number of amides is 1. The molecule has 6 nitrogen and oxygen atoms in total. The van der Waals surface area contributed by atoms with Crippen molar-refractivity contribution in [1.82, 2.24) is 14.7 Å². The molecule has 1 saturated heterocycles. The highest BCUT2D eigenvalue weighted by Gasteiger charge is 2.22. The molecular formula is C24H27Cl2N5O. The summed E-state index contributed by atoms with van der Waals surface area (Å²) in [6, 6.07) is 13.5. The summed E-state index contributed by atoms with van der Waals surface area (Å²) in [6.45, 7) is 8.35. The van der Waals surface area contributed by atoms with Crippen LogP contribution in [0, 0.1) is 13.8 Å². The highest BCUT2D eigenvalue weighted by molar-refractivity contribution is 6.34. The Morgan fingerprint density at radius 1 is 1.06 bits per heavy atom. The Kier molecular flexibility index (Phi) is 6.74. The molecule has 0 atom stereocenters. The predicted octanol–water partition coefficient (Wildman–Crippen LogP) is 4.86. The molecule has 1 aliphatic heterocycles. The van der Waals surface area contributed by atoms with Gasteiger partial charge in [0.25, 0.3) is 5.91 Å². The Bertz CT molecular complexity index is 1140. The van der Waals surface area contributed by atoms with Crippen LogP contribution < -0.4 is 10.2 Å². The number of nitrogens with zero attached hydrogens (tertiary/aromatic N) is 4. The summed E-state index contributed by atoms with van der Waals surface area (Å²) < 4.78 is 1.61. The molecule has 2 aromatic carbocycles. The van der Waals surface area contributed by atoms with Crippen molar-refractivity contribution in [2.24, 2.45) is 0 Å². The number of piperazine rings is 1. The minimum Gasteiger partial charge on any atom is -0.369 e. The van der Waals surface area contributed by atoms with Gasteiger partial charge in [0.2, 0.25) is 0 Å². The van der Waals surface area contributed by atoms with Crippen LogP contribution >= 0.6 is 23.2 Å². The first kappa shape index (κ1) is 22.6. The Morgan fingerprint density at radius 3 is 2.47 bits per heavy atom. The van der Waals surface area contributed by atoms with Crippen molar-refractivity contribution in [2.45, 2.75) is 20.4 Å². The molecule has 0 bridgehead atoms. The van der Waals surface area contributed by atoms with E-state index >= 15 is 0 Å². The van der Waals surface area contributed by atoms with Gasteiger partial charge in [-0.2, -0.15) is 5.10 Å². The molecule has 1 N–H and O–H groups in total. The van der Waals surface area contributed by atoms with Gasteiger partial charge in [-0.05, 0) is 56.3 Å². The van der Waals surface area contributed by atoms with Crippen LogP contribution in [-0.4, -0.2) is 53.8 Å². The molecule has 1 aromatic heterocycles. The summed E-state index contributed by atoms with van der Waals surface area (Å²) in [7, 11) is 2.15. The fourth-order valence-electron chi connectivity index (χ4n) is 4.03. The van der Waals surface area contributed by atoms with Crippen LogP contribution in [0.3, 0.4) is 0 Å². The largest absolute Gasteiger partial charge is 0.369 e. The lowest BCUT2D eigenvalue weighted by atomic mass is 10.1. The first-order valence-corrected chi connectivity index (χ1v) is 11.4. The van der Waals surface area contributed by atoms with Gasteiger partial charge < -0.3 is 15.1 Å². The molecule has 168 valence electrons. The van der Waals surface area contributed by atoms with Gasteiger partial charge in [0.1, 0.15) is 5.15 Å². The van der Waals surface area contributed by atoms with Gasteiger partial charge in [-0.25, -0.2) is 4.68 Å². The maximum absolute atomic E-state index is 13.0. The van der Waals surface area contributed by atoms with Crippen LogP contribution in [0.4, 0.5) is 11.4 Å². The molecular weight excluding hydrogens is 445 g/mol. The van der Waals surface area contributed by atoms with E-state index in [1.54, 1.807) is 11.6 Å². The van der Waals surface area contributed by atoms with E-state index in [0.29, 0.717) is 28.0 Å². The molecule has 2 heterocycles. The molecule has 3 aromatic rings. The van der Waals surface area contributed by atoms with Gasteiger partial charge in [-0.1, -0.05) is 41.4 Å². The minimum absolute atomic E-state index is 0.273. The number of hydrogen-bond donors (Lipinski definition) is 1. The zero-order valence-corrected chi connectivity index (χ0v) is 20.0. The van der Waals surface area contributed by atoms with Crippen molar-refractivity contribution in [1.29, 1.82) is 0 Å². The van der Waals surface area contributed by atoms with E-state index in [1.807, 2.05) is 36.4 Å². The summed E-state index contributed by atoms with van der Waals surface area (Å²) >= 11 is 12.8. The Hall–Kier alpha value is -2.54. The van der Waals surface area contributed by atoms with E-state index in [0.717, 1.165) is 43.0 Å². The SMILES string of the molecule is Cc1cc(NC(=O)c2c(C)nn(Cc3ccccc3Cl)c2Cl)ccc1N1CCN(C)CC1. The molecule has 0 radical (unpaired) electrons. The number of rotatable bonds is 5. The van der Waals surface area contributed by atoms with Crippen molar-refractivity contribution in [3.8, 4) is 0 Å². The quantitative estimate of drug-likeness (QED) is 0.577. The van der Waals surface area contributed by atoms with E-state index in [-0.39, 0.29) is 5.91 Å². The Labute approximate surface area is 198 Å². The van der Waals surface area contributed by atoms with Crippen molar-refractivity contribution in [3.05, 3.63) is 75.0 Å². The van der Waals surface area contributed by atoms with Gasteiger partial charge in [0, 0.05) is 42.6 Å². The van der Waals surface area contributed by atoms with Crippen molar-refractivity contribution in [3.63, 3.8) is 0 Å². The number of aromatic nitrogens is 2. The molecule has 0 spiro atoms. The standard InChI is InChI=1S/C24H27Cl2N5O/c1-16-14-19(8-9-21(16)30-12-10-29(3)11-13-30)27-24(32)22-17(2)28-31(23(22)26)15-18-6-4-5-7-20(18)25/h4-9,14H,10-13,15H2,1-3H3,(H,27,32). The second-order valence-electron chi connectivity index (χ2n) is 8.25. The van der Waals surface area contributed by atoms with Crippen LogP contribution in [0.25, 0.3) is 0 Å². The Balaban J connectivity index is 1.50. The number of anilines is 2. The van der Waals surface area contributed by atoms with E-state index < -0.39 is 0 Å². The van der Waals surface area contributed by atoms with E-state index in [2.05, 4.69) is 40.3 Å². The third-order valence-electron chi connectivity index (χ3n) is 5.87. The third-order valence-corrected chi connectivity index (χ3v) is 6.62. The number of benzene rings is 2. The number of hydrogen-bond acceptors (Lipinski definition) is 4. The van der Waals surface area contributed by atoms with Crippen molar-refractivity contribution in [2.75, 3.05) is 43.4 Å². The van der Waals surface area contributed by atoms with Gasteiger partial charge in [-0.15, -0.1) is 0 Å². The number of nitrogens with one attached hydrogen (secondary N) is 1. The number of aryl methyl sites for hydroxylation is 2. The normalized spacial score (nSPS) is 14.6. The average Bonchev–Trinajstić information content (AvgIpc) is 3.03. The minimum atomic E-state index is -0.273. The second-order valence-corrected chi connectivity index (χ2v) is 9.01. The monoisotopic (exact) mass is 471 g/mol. The van der Waals surface area contributed by atoms with Crippen LogP contribution in [-0.2, 0) is 6.54 Å². The summed E-state index contributed by atoms with van der Waals surface area (Å²) in [4.78, 5) is 17.8. The zero-order chi connectivity index (χ0) is 22.8. The maximum atomic E-state index is 13.0. The number of halogens is 2. The molecule has 8 heteroatoms. The summed E-state index contributed by atoms with van der Waals surface area (Å²) in [5.74, 6) is -0.273. The number of carbonyl (C=O) groups excluding carboxylic acids is 1. The van der Waals surface area contributed by atoms with E-state index in [4.69, 9.17) is 23.2 Å². The lowest BCUT2D eigenvalue weighted by Crippen LogP contribution is -2.44. The molecule has 1 fully saturated rings. The molecule has 1 amide bonds. The van der Waals surface area contributed by atoms with E-state index in [1.165, 1.54) is 5.69 Å². The smallest absolute Gasteiger partial charge is 0.260 e. The topological polar surface area (TPSA) is 53.4 Å². The van der Waals surface area contributed by atoms with Gasteiger partial charge in [0.15, 0.2) is 0 Å². The highest BCUT2D eigenvalue weighted by atomic mass is 35.5. The average molecular weight is 472 g/mol. The van der Waals surface area contributed by atoms with Crippen molar-refractivity contribution < 1.29 is 4.79 Å². The van der Waals surface area contributed by atoms with Gasteiger partial charge in [-0.3, -0.25) is 4.79 Å². The summed E-state index contributed by atoms with van der Waals surface area (Å²) in [5, 5.41) is 8.37. The fraction of sp³-hybridized carbons (Fsp3) is 0.333. The first-order valence-electron chi connectivity index (χ1n) is 10.7. The molecule has 1 aliphatic rings. The summed E-state index contributed by atoms with van der Waals surface area (Å²) in [5.41, 5.74) is 4.91. The van der Waals surface area contributed by atoms with Crippen LogP contribution in [0.2, 0.25) is 10.2 Å². The lowest BCUT2D eigenvalue weighted by Gasteiger charge is -2.35. The molecule has 32 heavy (non-hydrogen) atoms. The highest BCUT2D eigenvalue weighted by Crippen LogP contribution is 2.27. The van der Waals surface area contributed by atoms with Crippen LogP contribution in [0.1, 0.15) is 27.2 Å².